The van der Waals surface area contributed by atoms with Gasteiger partial charge < -0.3 is 29.7 Å². The van der Waals surface area contributed by atoms with E-state index in [0.717, 1.165) is 5.56 Å². The van der Waals surface area contributed by atoms with E-state index in [9.17, 15) is 14.4 Å². The number of aryl methyl sites for hydroxylation is 1. The van der Waals surface area contributed by atoms with Gasteiger partial charge in [-0.2, -0.15) is 5.10 Å². The summed E-state index contributed by atoms with van der Waals surface area (Å²) in [5.74, 6) is 0.178. The summed E-state index contributed by atoms with van der Waals surface area (Å²) in [6.45, 7) is 0.479. The molecular weight excluding hydrogens is 514 g/mol. The number of hydrogen-bond acceptors (Lipinski definition) is 7. The first kappa shape index (κ1) is 25.4. The Morgan fingerprint density at radius 2 is 1.95 bits per heavy atom. The van der Waals surface area contributed by atoms with Gasteiger partial charge in [0.1, 0.15) is 17.5 Å². The average molecular weight is 540 g/mol. The molecule has 2 atom stereocenters. The Balaban J connectivity index is 1.46. The fraction of sp³-hybridized carbons (Fsp3) is 0.308. The number of rotatable bonds is 2. The van der Waals surface area contributed by atoms with Crippen LogP contribution in [0.3, 0.4) is 0 Å². The monoisotopic (exact) mass is 539 g/mol. The largest absolute Gasteiger partial charge is 0.493 e. The van der Waals surface area contributed by atoms with E-state index < -0.39 is 18.1 Å². The Morgan fingerprint density at radius 1 is 1.16 bits per heavy atom. The molecule has 11 nitrogen and oxygen atoms in total. The standard InChI is InChI=1S/C26H26ClN5O6/c1-31-24(18(27)11-29-31)26(35)32-12-19-22(13-32)38-17-6-3-15(4-7-17)10-28-23(33)14-37-21-9-16(25(34)30-19)5-8-20(21)36-2/h3-9,11,19,22H,10,12-14H2,1-2H3,(H,28,33)(H,30,34)/t19-,22-/m0/s1. The lowest BCUT2D eigenvalue weighted by molar-refractivity contribution is -0.123. The quantitative estimate of drug-likeness (QED) is 0.509. The highest BCUT2D eigenvalue weighted by Gasteiger charge is 2.39. The Bertz CT molecular complexity index is 1360. The molecule has 2 aromatic carbocycles. The van der Waals surface area contributed by atoms with Crippen LogP contribution in [0.5, 0.6) is 17.2 Å². The first-order valence-electron chi connectivity index (χ1n) is 11.9. The minimum absolute atomic E-state index is 0.201. The molecule has 1 aromatic heterocycles. The number of amides is 3. The van der Waals surface area contributed by atoms with Crippen molar-refractivity contribution in [3.8, 4) is 17.2 Å². The molecular formula is C26H26ClN5O6. The van der Waals surface area contributed by atoms with Crippen molar-refractivity contribution in [1.82, 2.24) is 25.3 Å². The van der Waals surface area contributed by atoms with Gasteiger partial charge in [-0.1, -0.05) is 23.7 Å². The van der Waals surface area contributed by atoms with Crippen LogP contribution in [0.4, 0.5) is 0 Å². The number of fused-ring (bicyclic) bond motifs is 7. The highest BCUT2D eigenvalue weighted by molar-refractivity contribution is 6.33. The van der Waals surface area contributed by atoms with E-state index in [1.54, 1.807) is 36.2 Å². The summed E-state index contributed by atoms with van der Waals surface area (Å²) in [5, 5.41) is 10.1. The number of nitrogens with zero attached hydrogens (tertiary/aromatic N) is 3. The second-order valence-electron chi connectivity index (χ2n) is 8.99. The van der Waals surface area contributed by atoms with E-state index in [-0.39, 0.29) is 48.0 Å². The Hall–Kier alpha value is -4.25. The van der Waals surface area contributed by atoms with Gasteiger partial charge in [-0.15, -0.1) is 0 Å². The van der Waals surface area contributed by atoms with Crippen molar-refractivity contribution in [2.24, 2.45) is 7.05 Å². The summed E-state index contributed by atoms with van der Waals surface area (Å²) in [7, 11) is 3.12. The number of ether oxygens (including phenoxy) is 3. The van der Waals surface area contributed by atoms with Crippen LogP contribution < -0.4 is 24.8 Å². The normalized spacial score (nSPS) is 19.5. The number of benzene rings is 2. The molecule has 2 N–H and O–H groups in total. The van der Waals surface area contributed by atoms with Gasteiger partial charge in [0.25, 0.3) is 17.7 Å². The summed E-state index contributed by atoms with van der Waals surface area (Å²) in [6.07, 6.45) is 0.880. The molecule has 4 heterocycles. The third-order valence-corrected chi connectivity index (χ3v) is 6.73. The number of methoxy groups -OCH3 is 1. The van der Waals surface area contributed by atoms with Crippen molar-refractivity contribution in [2.75, 3.05) is 26.8 Å². The molecule has 38 heavy (non-hydrogen) atoms. The first-order valence-corrected chi connectivity index (χ1v) is 12.3. The van der Waals surface area contributed by atoms with E-state index >= 15 is 0 Å². The number of likely N-dealkylation sites (tertiary alicyclic amines) is 1. The predicted octanol–water partition coefficient (Wildman–Crippen LogP) is 1.79. The van der Waals surface area contributed by atoms with Crippen molar-refractivity contribution in [2.45, 2.75) is 18.7 Å². The van der Waals surface area contributed by atoms with Gasteiger partial charge in [0.2, 0.25) is 0 Å². The first-order chi connectivity index (χ1) is 18.3. The Labute approximate surface area is 223 Å². The fourth-order valence-electron chi connectivity index (χ4n) is 4.44. The van der Waals surface area contributed by atoms with Crippen LogP contribution in [-0.2, 0) is 18.4 Å². The minimum atomic E-state index is -0.537. The summed E-state index contributed by atoms with van der Waals surface area (Å²) in [5.41, 5.74) is 1.43. The highest BCUT2D eigenvalue weighted by Crippen LogP contribution is 2.29. The predicted molar refractivity (Wildman–Crippen MR) is 137 cm³/mol. The molecule has 0 unspecified atom stereocenters. The maximum absolute atomic E-state index is 13.3. The number of hydrogen-bond donors (Lipinski definition) is 2. The molecule has 0 aliphatic carbocycles. The molecule has 0 saturated carbocycles. The smallest absolute Gasteiger partial charge is 0.273 e. The minimum Gasteiger partial charge on any atom is -0.493 e. The molecule has 0 radical (unpaired) electrons. The zero-order valence-corrected chi connectivity index (χ0v) is 21.5. The van der Waals surface area contributed by atoms with Crippen LogP contribution >= 0.6 is 11.6 Å². The molecule has 1 saturated heterocycles. The molecule has 3 amide bonds. The number of aromatic nitrogens is 2. The van der Waals surface area contributed by atoms with Gasteiger partial charge in [-0.25, -0.2) is 0 Å². The van der Waals surface area contributed by atoms with Crippen molar-refractivity contribution in [1.29, 1.82) is 0 Å². The number of carbonyl (C=O) groups is 3. The van der Waals surface area contributed by atoms with Gasteiger partial charge in [0.15, 0.2) is 18.1 Å². The van der Waals surface area contributed by atoms with Crippen LogP contribution in [-0.4, -0.2) is 71.4 Å². The van der Waals surface area contributed by atoms with E-state index in [1.165, 1.54) is 24.1 Å². The lowest BCUT2D eigenvalue weighted by Gasteiger charge is -2.21. The fourth-order valence-corrected chi connectivity index (χ4v) is 4.68. The summed E-state index contributed by atoms with van der Waals surface area (Å²) < 4.78 is 18.7. The lowest BCUT2D eigenvalue weighted by Crippen LogP contribution is -2.45. The van der Waals surface area contributed by atoms with E-state index in [4.69, 9.17) is 25.8 Å². The molecule has 0 spiro atoms. The van der Waals surface area contributed by atoms with Gasteiger partial charge in [-0.05, 0) is 35.9 Å². The number of carbonyl (C=O) groups excluding carboxylic acids is 3. The molecule has 12 heteroatoms. The second-order valence-corrected chi connectivity index (χ2v) is 9.39. The van der Waals surface area contributed by atoms with Crippen molar-refractivity contribution in [3.05, 3.63) is 70.5 Å². The maximum Gasteiger partial charge on any atom is 0.273 e. The van der Waals surface area contributed by atoms with Crippen LogP contribution in [0.1, 0.15) is 26.4 Å². The van der Waals surface area contributed by atoms with Crippen LogP contribution in [0.2, 0.25) is 5.02 Å². The SMILES string of the molecule is COc1ccc2cc1OCC(=O)NCc1ccc(cc1)O[C@H]1CN(C(=O)c3c(Cl)cnn3C)C[C@@H]1NC2=O. The maximum atomic E-state index is 13.3. The third-order valence-electron chi connectivity index (χ3n) is 6.45. The van der Waals surface area contributed by atoms with Crippen LogP contribution in [0.25, 0.3) is 0 Å². The topological polar surface area (TPSA) is 124 Å². The van der Waals surface area contributed by atoms with Crippen molar-refractivity contribution in [3.63, 3.8) is 0 Å². The van der Waals surface area contributed by atoms with Gasteiger partial charge in [0.05, 0.1) is 30.9 Å². The highest BCUT2D eigenvalue weighted by atomic mass is 35.5. The number of nitrogens with one attached hydrogen (secondary N) is 2. The van der Waals surface area contributed by atoms with Crippen molar-refractivity contribution >= 4 is 29.3 Å². The Kier molecular flexibility index (Phi) is 7.10. The zero-order chi connectivity index (χ0) is 26.8. The lowest BCUT2D eigenvalue weighted by atomic mass is 10.1. The van der Waals surface area contributed by atoms with Gasteiger partial charge in [-0.3, -0.25) is 19.1 Å². The van der Waals surface area contributed by atoms with Gasteiger partial charge in [0, 0.05) is 25.7 Å². The van der Waals surface area contributed by atoms with Crippen LogP contribution in [0.15, 0.2) is 48.7 Å². The van der Waals surface area contributed by atoms with E-state index in [2.05, 4.69) is 15.7 Å². The molecule has 3 aliphatic heterocycles. The summed E-state index contributed by atoms with van der Waals surface area (Å²) in [6, 6.07) is 11.4. The third kappa shape index (κ3) is 5.23. The van der Waals surface area contributed by atoms with Gasteiger partial charge >= 0.3 is 0 Å². The van der Waals surface area contributed by atoms with E-state index in [1.807, 2.05) is 12.1 Å². The molecule has 198 valence electrons. The second kappa shape index (κ2) is 10.6. The Morgan fingerprint density at radius 3 is 2.66 bits per heavy atom. The van der Waals surface area contributed by atoms with E-state index in [0.29, 0.717) is 23.6 Å². The summed E-state index contributed by atoms with van der Waals surface area (Å²) in [4.78, 5) is 40.5. The van der Waals surface area contributed by atoms with Crippen molar-refractivity contribution < 1.29 is 28.6 Å². The molecule has 3 aromatic rings. The zero-order valence-electron chi connectivity index (χ0n) is 20.8. The molecule has 3 aliphatic rings. The molecule has 1 fully saturated rings. The number of halogens is 1. The molecule has 4 bridgehead atoms. The average Bonchev–Trinajstić information content (AvgIpc) is 3.47. The summed E-state index contributed by atoms with van der Waals surface area (Å²) >= 11 is 6.21. The van der Waals surface area contributed by atoms with Crippen LogP contribution in [0, 0.1) is 0 Å². The molecule has 6 rings (SSSR count).